The Kier molecular flexibility index (Phi) is 5.18. The topological polar surface area (TPSA) is 73.3 Å². The fourth-order valence-electron chi connectivity index (χ4n) is 1.55. The number of anilines is 1. The Bertz CT molecular complexity index is 668. The summed E-state index contributed by atoms with van der Waals surface area (Å²) in [5.74, 6) is -1.58. The molecule has 6 nitrogen and oxygen atoms in total. The van der Waals surface area contributed by atoms with Crippen LogP contribution in [0.1, 0.15) is 12.5 Å². The molecule has 8 heteroatoms. The van der Waals surface area contributed by atoms with E-state index in [2.05, 4.69) is 20.0 Å². The van der Waals surface area contributed by atoms with Crippen LogP contribution in [0.5, 0.6) is 6.01 Å². The van der Waals surface area contributed by atoms with Crippen LogP contribution in [0.4, 0.5) is 19.4 Å². The van der Waals surface area contributed by atoms with Gasteiger partial charge < -0.3 is 9.47 Å². The van der Waals surface area contributed by atoms with Gasteiger partial charge in [0.05, 0.1) is 12.8 Å². The van der Waals surface area contributed by atoms with Gasteiger partial charge in [0.1, 0.15) is 12.4 Å². The van der Waals surface area contributed by atoms with Crippen LogP contribution < -0.4 is 10.1 Å². The van der Waals surface area contributed by atoms with E-state index in [0.717, 1.165) is 6.20 Å². The van der Waals surface area contributed by atoms with Crippen molar-refractivity contribution in [3.63, 3.8) is 0 Å². The molecule has 0 aliphatic carbocycles. The zero-order chi connectivity index (χ0) is 15.9. The molecule has 1 heterocycles. The van der Waals surface area contributed by atoms with Crippen molar-refractivity contribution >= 4 is 11.9 Å². The van der Waals surface area contributed by atoms with Crippen LogP contribution in [-0.4, -0.2) is 22.7 Å². The third-order valence-electron chi connectivity index (χ3n) is 2.47. The van der Waals surface area contributed by atoms with Crippen molar-refractivity contribution < 1.29 is 23.0 Å². The van der Waals surface area contributed by atoms with E-state index < -0.39 is 17.7 Å². The van der Waals surface area contributed by atoms with E-state index in [1.54, 1.807) is 13.0 Å². The van der Waals surface area contributed by atoms with Gasteiger partial charge in [0.25, 0.3) is 0 Å². The minimum Gasteiger partial charge on any atom is -0.459 e. The first-order chi connectivity index (χ1) is 10.6. The van der Waals surface area contributed by atoms with Gasteiger partial charge >= 0.3 is 12.1 Å². The molecule has 2 rings (SSSR count). The highest BCUT2D eigenvalue weighted by Crippen LogP contribution is 2.15. The number of carbonyl (C=O) groups excluding carboxylic acids is 1. The first-order valence-corrected chi connectivity index (χ1v) is 6.42. The molecule has 0 atom stereocenters. The predicted octanol–water partition coefficient (Wildman–Crippen LogP) is 2.90. The van der Waals surface area contributed by atoms with Crippen molar-refractivity contribution in [1.29, 1.82) is 0 Å². The summed E-state index contributed by atoms with van der Waals surface area (Å²) >= 11 is 0. The third-order valence-corrected chi connectivity index (χ3v) is 2.47. The molecule has 0 saturated carbocycles. The second kappa shape index (κ2) is 7.30. The highest BCUT2D eigenvalue weighted by molar-refractivity contribution is 5.83. The molecule has 22 heavy (non-hydrogen) atoms. The van der Waals surface area contributed by atoms with E-state index in [1.807, 2.05) is 0 Å². The van der Waals surface area contributed by atoms with E-state index in [1.165, 1.54) is 18.2 Å². The summed E-state index contributed by atoms with van der Waals surface area (Å²) in [7, 11) is 0. The highest BCUT2D eigenvalue weighted by Gasteiger charge is 2.12. The lowest BCUT2D eigenvalue weighted by Crippen LogP contribution is -2.16. The minimum absolute atomic E-state index is 0.00222. The largest absolute Gasteiger partial charge is 0.459 e. The number of aromatic nitrogens is 2. The molecular weight excluding hydrogens is 296 g/mol. The maximum Gasteiger partial charge on any atom is 0.412 e. The van der Waals surface area contributed by atoms with E-state index in [9.17, 15) is 13.6 Å². The Labute approximate surface area is 125 Å². The van der Waals surface area contributed by atoms with Crippen LogP contribution in [0, 0.1) is 11.6 Å². The molecule has 2 aromatic rings. The molecule has 0 bridgehead atoms. The molecule has 1 aromatic carbocycles. The number of rotatable bonds is 5. The number of ether oxygens (including phenoxy) is 2. The van der Waals surface area contributed by atoms with Crippen LogP contribution in [-0.2, 0) is 11.3 Å². The zero-order valence-electron chi connectivity index (χ0n) is 11.7. The molecule has 0 radical (unpaired) electrons. The highest BCUT2D eigenvalue weighted by atomic mass is 19.1. The van der Waals surface area contributed by atoms with E-state index in [-0.39, 0.29) is 25.0 Å². The molecule has 0 saturated heterocycles. The standard InChI is InChI=1S/C14H13F2N3O3/c1-2-21-14(20)19-12-11(16)7-17-13(18-12)22-8-9-4-3-5-10(15)6-9/h3-7H,2,8H2,1H3,(H,17,18,19,20). The number of nitrogens with one attached hydrogen (secondary N) is 1. The Morgan fingerprint density at radius 1 is 1.36 bits per heavy atom. The summed E-state index contributed by atoms with van der Waals surface area (Å²) < 4.78 is 36.4. The number of hydrogen-bond acceptors (Lipinski definition) is 5. The number of carbonyl (C=O) groups is 1. The van der Waals surface area contributed by atoms with Crippen LogP contribution in [0.15, 0.2) is 30.5 Å². The summed E-state index contributed by atoms with van der Waals surface area (Å²) in [6.07, 6.45) is 0.0197. The second-order valence-corrected chi connectivity index (χ2v) is 4.11. The van der Waals surface area contributed by atoms with Gasteiger partial charge in [-0.1, -0.05) is 12.1 Å². The molecule has 0 unspecified atom stereocenters. The van der Waals surface area contributed by atoms with Gasteiger partial charge in [-0.05, 0) is 24.6 Å². The van der Waals surface area contributed by atoms with Crippen LogP contribution in [0.3, 0.4) is 0 Å². The van der Waals surface area contributed by atoms with Gasteiger partial charge in [0.2, 0.25) is 0 Å². The fraction of sp³-hybridized carbons (Fsp3) is 0.214. The molecule has 1 aromatic heterocycles. The summed E-state index contributed by atoms with van der Waals surface area (Å²) in [6, 6.07) is 5.63. The van der Waals surface area contributed by atoms with Crippen molar-refractivity contribution in [1.82, 2.24) is 9.97 Å². The molecule has 1 N–H and O–H groups in total. The first-order valence-electron chi connectivity index (χ1n) is 6.42. The first kappa shape index (κ1) is 15.6. The lowest BCUT2D eigenvalue weighted by Gasteiger charge is -2.08. The lowest BCUT2D eigenvalue weighted by atomic mass is 10.2. The van der Waals surface area contributed by atoms with E-state index in [4.69, 9.17) is 4.74 Å². The smallest absolute Gasteiger partial charge is 0.412 e. The van der Waals surface area contributed by atoms with Gasteiger partial charge in [0, 0.05) is 0 Å². The number of benzene rings is 1. The SMILES string of the molecule is CCOC(=O)Nc1nc(OCc2cccc(F)c2)ncc1F. The summed E-state index contributed by atoms with van der Waals surface area (Å²) in [5.41, 5.74) is 0.563. The van der Waals surface area contributed by atoms with Crippen molar-refractivity contribution in [2.45, 2.75) is 13.5 Å². The van der Waals surface area contributed by atoms with Crippen molar-refractivity contribution in [3.8, 4) is 6.01 Å². The van der Waals surface area contributed by atoms with Gasteiger partial charge in [-0.25, -0.2) is 18.6 Å². The normalized spacial score (nSPS) is 10.1. The molecule has 0 fully saturated rings. The Hall–Kier alpha value is -2.77. The van der Waals surface area contributed by atoms with Crippen LogP contribution in [0.2, 0.25) is 0 Å². The average Bonchev–Trinajstić information content (AvgIpc) is 2.48. The minimum atomic E-state index is -0.837. The van der Waals surface area contributed by atoms with Gasteiger partial charge in [-0.2, -0.15) is 4.98 Å². The maximum atomic E-state index is 13.5. The van der Waals surface area contributed by atoms with Gasteiger partial charge in [-0.15, -0.1) is 0 Å². The Morgan fingerprint density at radius 3 is 2.91 bits per heavy atom. The van der Waals surface area contributed by atoms with Crippen LogP contribution >= 0.6 is 0 Å². The quantitative estimate of drug-likeness (QED) is 0.919. The summed E-state index contributed by atoms with van der Waals surface area (Å²) in [5, 5.41) is 2.13. The summed E-state index contributed by atoms with van der Waals surface area (Å²) in [6.45, 7) is 1.76. The second-order valence-electron chi connectivity index (χ2n) is 4.11. The molecule has 1 amide bonds. The van der Waals surface area contributed by atoms with Crippen molar-refractivity contribution in [2.75, 3.05) is 11.9 Å². The Balaban J connectivity index is 2.04. The number of hydrogen-bond donors (Lipinski definition) is 1. The van der Waals surface area contributed by atoms with Crippen molar-refractivity contribution in [2.24, 2.45) is 0 Å². The van der Waals surface area contributed by atoms with Gasteiger partial charge in [-0.3, -0.25) is 5.32 Å². The number of amides is 1. The third kappa shape index (κ3) is 4.37. The lowest BCUT2D eigenvalue weighted by molar-refractivity contribution is 0.167. The number of halogens is 2. The monoisotopic (exact) mass is 309 g/mol. The van der Waals surface area contributed by atoms with E-state index in [0.29, 0.717) is 5.56 Å². The van der Waals surface area contributed by atoms with E-state index >= 15 is 0 Å². The fourth-order valence-corrected chi connectivity index (χ4v) is 1.55. The Morgan fingerprint density at radius 2 is 2.18 bits per heavy atom. The van der Waals surface area contributed by atoms with Crippen molar-refractivity contribution in [3.05, 3.63) is 47.7 Å². The molecule has 0 spiro atoms. The molecule has 0 aliphatic rings. The maximum absolute atomic E-state index is 13.5. The number of nitrogens with zero attached hydrogens (tertiary/aromatic N) is 2. The zero-order valence-corrected chi connectivity index (χ0v) is 11.7. The van der Waals surface area contributed by atoms with Crippen LogP contribution in [0.25, 0.3) is 0 Å². The predicted molar refractivity (Wildman–Crippen MR) is 73.4 cm³/mol. The summed E-state index contributed by atoms with van der Waals surface area (Å²) in [4.78, 5) is 18.6. The molecule has 0 aliphatic heterocycles. The average molecular weight is 309 g/mol. The molecular formula is C14H13F2N3O3. The van der Waals surface area contributed by atoms with Gasteiger partial charge in [0.15, 0.2) is 11.6 Å². The molecule has 116 valence electrons.